The molecule has 2 aromatic carbocycles. The minimum Gasteiger partial charge on any atom is -0.497 e. The second-order valence-electron chi connectivity index (χ2n) is 7.88. The monoisotopic (exact) mass is 416 g/mol. The fourth-order valence-corrected chi connectivity index (χ4v) is 4.30. The van der Waals surface area contributed by atoms with E-state index < -0.39 is 0 Å². The van der Waals surface area contributed by atoms with Gasteiger partial charge in [-0.25, -0.2) is 0 Å². The number of methoxy groups -OCH3 is 2. The second kappa shape index (κ2) is 9.21. The molecule has 5 nitrogen and oxygen atoms in total. The van der Waals surface area contributed by atoms with Crippen LogP contribution in [0.5, 0.6) is 11.5 Å². The minimum absolute atomic E-state index is 0.000828. The van der Waals surface area contributed by atoms with Crippen LogP contribution >= 0.6 is 0 Å². The molecule has 1 aromatic heterocycles. The molecule has 4 rings (SSSR count). The van der Waals surface area contributed by atoms with Gasteiger partial charge in [0.15, 0.2) is 0 Å². The molecular formula is C26H28N2O3. The van der Waals surface area contributed by atoms with Crippen LogP contribution in [-0.2, 0) is 11.2 Å². The van der Waals surface area contributed by atoms with E-state index in [0.717, 1.165) is 59.0 Å². The lowest BCUT2D eigenvalue weighted by Gasteiger charge is -2.25. The number of aryl methyl sites for hydroxylation is 1. The molecule has 0 N–H and O–H groups in total. The predicted octanol–water partition coefficient (Wildman–Crippen LogP) is 4.98. The molecule has 0 radical (unpaired) electrons. The van der Waals surface area contributed by atoms with Gasteiger partial charge in [-0.2, -0.15) is 0 Å². The van der Waals surface area contributed by atoms with Gasteiger partial charge in [-0.05, 0) is 61.2 Å². The molecule has 0 saturated carbocycles. The van der Waals surface area contributed by atoms with E-state index in [9.17, 15) is 4.79 Å². The number of para-hydroxylation sites is 1. The molecule has 31 heavy (non-hydrogen) atoms. The second-order valence-corrected chi connectivity index (χ2v) is 7.88. The zero-order valence-electron chi connectivity index (χ0n) is 18.3. The highest BCUT2D eigenvalue weighted by Gasteiger charge is 2.31. The number of pyridine rings is 1. The Hall–Kier alpha value is -3.34. The number of rotatable bonds is 6. The zero-order chi connectivity index (χ0) is 21.8. The smallest absolute Gasteiger partial charge is 0.227 e. The van der Waals surface area contributed by atoms with Crippen molar-refractivity contribution in [3.05, 3.63) is 77.6 Å². The van der Waals surface area contributed by atoms with Gasteiger partial charge in [0.2, 0.25) is 5.91 Å². The number of aromatic nitrogens is 1. The summed E-state index contributed by atoms with van der Waals surface area (Å²) in [7, 11) is 3.31. The van der Waals surface area contributed by atoms with Gasteiger partial charge in [0.05, 0.1) is 32.4 Å². The molecule has 160 valence electrons. The summed E-state index contributed by atoms with van der Waals surface area (Å²) in [5.74, 6) is 1.70. The Labute approximate surface area is 183 Å². The number of hydrogen-bond donors (Lipinski definition) is 0. The average molecular weight is 417 g/mol. The topological polar surface area (TPSA) is 51.7 Å². The van der Waals surface area contributed by atoms with Crippen LogP contribution in [0.3, 0.4) is 0 Å². The van der Waals surface area contributed by atoms with Crippen molar-refractivity contribution < 1.29 is 14.3 Å². The first kappa shape index (κ1) is 20.9. The number of likely N-dealkylation sites (tertiary alicyclic amines) is 1. The van der Waals surface area contributed by atoms with Gasteiger partial charge in [-0.3, -0.25) is 9.78 Å². The number of carbonyl (C=O) groups is 1. The first-order valence-corrected chi connectivity index (χ1v) is 10.6. The van der Waals surface area contributed by atoms with E-state index >= 15 is 0 Å². The predicted molar refractivity (Wildman–Crippen MR) is 121 cm³/mol. The molecule has 0 unspecified atom stereocenters. The lowest BCUT2D eigenvalue weighted by atomic mass is 10.0. The van der Waals surface area contributed by atoms with E-state index in [0.29, 0.717) is 6.42 Å². The summed E-state index contributed by atoms with van der Waals surface area (Å²) in [5.41, 5.74) is 5.03. The van der Waals surface area contributed by atoms with Crippen molar-refractivity contribution in [2.24, 2.45) is 0 Å². The summed E-state index contributed by atoms with van der Waals surface area (Å²) < 4.78 is 10.7. The van der Waals surface area contributed by atoms with Crippen LogP contribution < -0.4 is 9.47 Å². The van der Waals surface area contributed by atoms with E-state index in [-0.39, 0.29) is 11.9 Å². The van der Waals surface area contributed by atoms with Gasteiger partial charge in [0.1, 0.15) is 11.5 Å². The normalized spacial score (nSPS) is 15.7. The van der Waals surface area contributed by atoms with E-state index in [1.165, 1.54) is 0 Å². The van der Waals surface area contributed by atoms with Crippen molar-refractivity contribution in [1.82, 2.24) is 9.88 Å². The first-order valence-electron chi connectivity index (χ1n) is 10.6. The minimum atomic E-state index is -0.000828. The summed E-state index contributed by atoms with van der Waals surface area (Å²) >= 11 is 0. The van der Waals surface area contributed by atoms with Crippen LogP contribution in [0.2, 0.25) is 0 Å². The number of ether oxygens (including phenoxy) is 2. The molecule has 1 aliphatic heterocycles. The maximum Gasteiger partial charge on any atom is 0.227 e. The van der Waals surface area contributed by atoms with Crippen molar-refractivity contribution in [1.29, 1.82) is 0 Å². The van der Waals surface area contributed by atoms with Crippen LogP contribution in [0.15, 0.2) is 60.7 Å². The fraction of sp³-hybridized carbons (Fsp3) is 0.308. The first-order chi connectivity index (χ1) is 15.1. The molecule has 0 aliphatic carbocycles. The molecular weight excluding hydrogens is 388 g/mol. The molecule has 1 amide bonds. The molecule has 2 heterocycles. The summed E-state index contributed by atoms with van der Waals surface area (Å²) in [6.45, 7) is 2.76. The Morgan fingerprint density at radius 1 is 1.03 bits per heavy atom. The van der Waals surface area contributed by atoms with Crippen LogP contribution in [-0.4, -0.2) is 36.6 Å². The van der Waals surface area contributed by atoms with Crippen molar-refractivity contribution in [2.75, 3.05) is 20.8 Å². The maximum absolute atomic E-state index is 13.2. The molecule has 5 heteroatoms. The fourth-order valence-electron chi connectivity index (χ4n) is 4.30. The Kier molecular flexibility index (Phi) is 6.21. The van der Waals surface area contributed by atoms with Gasteiger partial charge in [-0.1, -0.05) is 30.3 Å². The third-order valence-corrected chi connectivity index (χ3v) is 5.85. The molecule has 1 saturated heterocycles. The average Bonchev–Trinajstić information content (AvgIpc) is 3.29. The largest absolute Gasteiger partial charge is 0.497 e. The highest BCUT2D eigenvalue weighted by molar-refractivity contribution is 5.80. The molecule has 1 aliphatic rings. The number of carbonyl (C=O) groups excluding carboxylic acids is 1. The summed E-state index contributed by atoms with van der Waals surface area (Å²) in [4.78, 5) is 20.0. The lowest BCUT2D eigenvalue weighted by molar-refractivity contribution is -0.131. The van der Waals surface area contributed by atoms with E-state index in [1.54, 1.807) is 14.2 Å². The maximum atomic E-state index is 13.2. The number of benzene rings is 2. The summed E-state index contributed by atoms with van der Waals surface area (Å²) in [6.07, 6.45) is 2.24. The molecule has 1 fully saturated rings. The van der Waals surface area contributed by atoms with Gasteiger partial charge < -0.3 is 14.4 Å². The third kappa shape index (κ3) is 4.55. The number of amides is 1. The highest BCUT2D eigenvalue weighted by atomic mass is 16.5. The molecule has 3 aromatic rings. The van der Waals surface area contributed by atoms with E-state index in [2.05, 4.69) is 24.3 Å². The van der Waals surface area contributed by atoms with Crippen LogP contribution in [0.4, 0.5) is 0 Å². The van der Waals surface area contributed by atoms with Crippen LogP contribution in [0.1, 0.15) is 35.8 Å². The van der Waals surface area contributed by atoms with Crippen molar-refractivity contribution >= 4 is 5.91 Å². The molecule has 1 atom stereocenters. The standard InChI is InChI=1S/C26H28N2O3/c1-18-15-21(19-10-12-22(30-2)13-11-19)16-23(27-18)24-8-6-14-28(24)26(29)17-20-7-4-5-9-25(20)31-3/h4-5,7,9-13,15-16,24H,6,8,14,17H2,1-3H3/t24-/m0/s1. The van der Waals surface area contributed by atoms with Gasteiger partial charge in [0.25, 0.3) is 0 Å². The summed E-state index contributed by atoms with van der Waals surface area (Å²) in [6, 6.07) is 19.9. The van der Waals surface area contributed by atoms with Gasteiger partial charge >= 0.3 is 0 Å². The third-order valence-electron chi connectivity index (χ3n) is 5.85. The van der Waals surface area contributed by atoms with Gasteiger partial charge in [-0.15, -0.1) is 0 Å². The van der Waals surface area contributed by atoms with Crippen molar-refractivity contribution in [3.8, 4) is 22.6 Å². The Bertz CT molecular complexity index is 1060. The van der Waals surface area contributed by atoms with E-state index in [1.807, 2.05) is 48.2 Å². The number of hydrogen-bond acceptors (Lipinski definition) is 4. The van der Waals surface area contributed by atoms with E-state index in [4.69, 9.17) is 14.5 Å². The number of nitrogens with zero attached hydrogens (tertiary/aromatic N) is 2. The van der Waals surface area contributed by atoms with Crippen molar-refractivity contribution in [2.45, 2.75) is 32.2 Å². The molecule has 0 bridgehead atoms. The SMILES string of the molecule is COc1ccc(-c2cc(C)nc([C@@H]3CCCN3C(=O)Cc3ccccc3OC)c2)cc1. The molecule has 0 spiro atoms. The Morgan fingerprint density at radius 2 is 1.81 bits per heavy atom. The lowest BCUT2D eigenvalue weighted by Crippen LogP contribution is -2.32. The quantitative estimate of drug-likeness (QED) is 0.569. The van der Waals surface area contributed by atoms with Crippen LogP contribution in [0, 0.1) is 6.92 Å². The highest BCUT2D eigenvalue weighted by Crippen LogP contribution is 2.34. The van der Waals surface area contributed by atoms with Crippen molar-refractivity contribution in [3.63, 3.8) is 0 Å². The zero-order valence-corrected chi connectivity index (χ0v) is 18.3. The summed E-state index contributed by atoms with van der Waals surface area (Å²) in [5, 5.41) is 0. The Balaban J connectivity index is 1.59. The van der Waals surface area contributed by atoms with Crippen LogP contribution in [0.25, 0.3) is 11.1 Å². The van der Waals surface area contributed by atoms with Gasteiger partial charge in [0, 0.05) is 17.8 Å². The Morgan fingerprint density at radius 3 is 2.55 bits per heavy atom.